The fraction of sp³-hybridized carbons (Fsp3) is 0.182. The van der Waals surface area contributed by atoms with Crippen molar-refractivity contribution in [3.05, 3.63) is 40.8 Å². The Kier molecular flexibility index (Phi) is 5.10. The molecule has 0 atom stereocenters. The van der Waals surface area contributed by atoms with Gasteiger partial charge in [-0.3, -0.25) is 4.99 Å². The van der Waals surface area contributed by atoms with E-state index < -0.39 is 0 Å². The number of hydrogen-bond acceptors (Lipinski definition) is 3. The van der Waals surface area contributed by atoms with E-state index in [9.17, 15) is 0 Å². The zero-order valence-electron chi connectivity index (χ0n) is 9.31. The highest BCUT2D eigenvalue weighted by molar-refractivity contribution is 14.1. The maximum Gasteiger partial charge on any atom is 0.334 e. The fourth-order valence-electron chi connectivity index (χ4n) is 1.18. The Morgan fingerprint density at radius 3 is 3.00 bits per heavy atom. The van der Waals surface area contributed by atoms with Crippen LogP contribution in [-0.4, -0.2) is 18.2 Å². The van der Waals surface area contributed by atoms with Crippen molar-refractivity contribution in [2.75, 3.05) is 7.05 Å². The van der Waals surface area contributed by atoms with Crippen LogP contribution in [0.25, 0.3) is 5.57 Å². The van der Waals surface area contributed by atoms with Crippen LogP contribution in [0.5, 0.6) is 0 Å². The largest absolute Gasteiger partial charge is 0.382 e. The minimum Gasteiger partial charge on any atom is -0.382 e. The number of aryl methyl sites for hydroxylation is 1. The molecule has 0 spiro atoms. The molecule has 5 heteroatoms. The lowest BCUT2D eigenvalue weighted by molar-refractivity contribution is -0.676. The lowest BCUT2D eigenvalue weighted by atomic mass is 10.3. The van der Waals surface area contributed by atoms with Gasteiger partial charge >= 0.3 is 5.82 Å². The van der Waals surface area contributed by atoms with Gasteiger partial charge in [0.15, 0.2) is 0 Å². The summed E-state index contributed by atoms with van der Waals surface area (Å²) in [6.45, 7) is 3.56. The van der Waals surface area contributed by atoms with Crippen LogP contribution in [0.2, 0.25) is 0 Å². The van der Waals surface area contributed by atoms with Gasteiger partial charge in [-0.15, -0.1) is 0 Å². The van der Waals surface area contributed by atoms with Gasteiger partial charge in [-0.2, -0.15) is 0 Å². The lowest BCUT2D eigenvalue weighted by Crippen LogP contribution is -2.34. The molecule has 1 rings (SSSR count). The van der Waals surface area contributed by atoms with Crippen LogP contribution in [0.1, 0.15) is 5.82 Å². The van der Waals surface area contributed by atoms with Gasteiger partial charge in [-0.25, -0.2) is 4.57 Å². The zero-order chi connectivity index (χ0) is 12.0. The molecule has 0 aliphatic rings. The predicted molar refractivity (Wildman–Crippen MR) is 74.1 cm³/mol. The molecule has 1 aromatic heterocycles. The van der Waals surface area contributed by atoms with Gasteiger partial charge in [0.2, 0.25) is 0 Å². The van der Waals surface area contributed by atoms with E-state index in [0.717, 1.165) is 15.1 Å². The average Bonchev–Trinajstić information content (AvgIpc) is 2.31. The molecular weight excluding hydrogens is 315 g/mol. The molecule has 0 aliphatic carbocycles. The van der Waals surface area contributed by atoms with Gasteiger partial charge in [0, 0.05) is 25.5 Å². The third-order valence-corrected chi connectivity index (χ3v) is 3.05. The first kappa shape index (κ1) is 12.8. The van der Waals surface area contributed by atoms with E-state index in [-0.39, 0.29) is 0 Å². The lowest BCUT2D eigenvalue weighted by Gasteiger charge is -2.02. The molecule has 1 heterocycles. The summed E-state index contributed by atoms with van der Waals surface area (Å²) < 4.78 is 2.93. The summed E-state index contributed by atoms with van der Waals surface area (Å²) in [7, 11) is 3.82. The van der Waals surface area contributed by atoms with Crippen molar-refractivity contribution >= 4 is 34.4 Å². The highest BCUT2D eigenvalue weighted by Crippen LogP contribution is 2.14. The van der Waals surface area contributed by atoms with E-state index in [2.05, 4.69) is 44.5 Å². The van der Waals surface area contributed by atoms with Crippen LogP contribution in [0.3, 0.4) is 0 Å². The number of halogens is 1. The summed E-state index contributed by atoms with van der Waals surface area (Å²) in [5.41, 5.74) is 0.936. The summed E-state index contributed by atoms with van der Waals surface area (Å²) in [5, 5.41) is 3.09. The molecule has 0 unspecified atom stereocenters. The summed E-state index contributed by atoms with van der Waals surface area (Å²) in [6.07, 6.45) is 6.95. The number of hydrogen-bond donors (Lipinski definition) is 1. The molecule has 0 bridgehead atoms. The van der Waals surface area contributed by atoms with Crippen molar-refractivity contribution in [2.45, 2.75) is 0 Å². The maximum atomic E-state index is 4.34. The molecule has 4 nitrogen and oxygen atoms in total. The summed E-state index contributed by atoms with van der Waals surface area (Å²) in [5.74, 6) is 0.854. The Morgan fingerprint density at radius 2 is 2.44 bits per heavy atom. The van der Waals surface area contributed by atoms with Gasteiger partial charge in [0.25, 0.3) is 0 Å². The standard InChI is InChI=1S/C11H13IN4/c1-4-14-8-9(10(12)13-2)11-15-6-5-7-16(11)3/h4-8H,1H2,2-3H3/p+1. The topological polar surface area (TPSA) is 41.2 Å². The Labute approximate surface area is 109 Å². The van der Waals surface area contributed by atoms with E-state index in [4.69, 9.17) is 0 Å². The van der Waals surface area contributed by atoms with Crippen LogP contribution in [0, 0.1) is 0 Å². The van der Waals surface area contributed by atoms with Crippen molar-refractivity contribution in [1.29, 1.82) is 0 Å². The Bertz CT molecular complexity index is 437. The second kappa shape index (κ2) is 6.37. The zero-order valence-corrected chi connectivity index (χ0v) is 11.5. The Balaban J connectivity index is 3.28. The third-order valence-electron chi connectivity index (χ3n) is 1.93. The Morgan fingerprint density at radius 1 is 1.69 bits per heavy atom. The number of aromatic nitrogens is 2. The highest BCUT2D eigenvalue weighted by Gasteiger charge is 2.16. The molecule has 0 aliphatic heterocycles. The first-order valence-corrected chi connectivity index (χ1v) is 5.81. The van der Waals surface area contributed by atoms with E-state index >= 15 is 0 Å². The number of aliphatic imine (C=N–C) groups is 1. The quantitative estimate of drug-likeness (QED) is 0.393. The number of nitrogens with zero attached hydrogens (tertiary/aromatic N) is 3. The smallest absolute Gasteiger partial charge is 0.334 e. The first-order valence-electron chi connectivity index (χ1n) is 4.73. The number of rotatable bonds is 4. The van der Waals surface area contributed by atoms with Gasteiger partial charge in [-0.05, 0) is 27.6 Å². The van der Waals surface area contributed by atoms with Gasteiger partial charge in [-0.1, -0.05) is 6.58 Å². The molecule has 0 radical (unpaired) electrons. The average molecular weight is 329 g/mol. The SMILES string of the molecule is C=CN=C/C(=C(/I)NC)c1nccc[n+]1C. The normalized spacial score (nSPS) is 12.4. The first-order chi connectivity index (χ1) is 7.70. The summed E-state index contributed by atoms with van der Waals surface area (Å²) >= 11 is 2.22. The fourth-order valence-corrected chi connectivity index (χ4v) is 1.56. The minimum atomic E-state index is 0.854. The van der Waals surface area contributed by atoms with Crippen LogP contribution in [-0.2, 0) is 7.05 Å². The van der Waals surface area contributed by atoms with Crippen molar-refractivity contribution in [2.24, 2.45) is 12.0 Å². The third kappa shape index (κ3) is 3.13. The molecule has 0 fully saturated rings. The highest BCUT2D eigenvalue weighted by atomic mass is 127. The van der Waals surface area contributed by atoms with E-state index in [0.29, 0.717) is 0 Å². The summed E-state index contributed by atoms with van der Waals surface area (Å²) in [6, 6.07) is 1.89. The molecule has 0 amide bonds. The van der Waals surface area contributed by atoms with E-state index in [1.165, 1.54) is 6.20 Å². The molecule has 1 N–H and O–H groups in total. The van der Waals surface area contributed by atoms with Crippen molar-refractivity contribution in [1.82, 2.24) is 10.3 Å². The van der Waals surface area contributed by atoms with Gasteiger partial charge in [0.1, 0.15) is 11.8 Å². The molecule has 0 saturated heterocycles. The molecule has 84 valence electrons. The van der Waals surface area contributed by atoms with E-state index in [1.807, 2.05) is 30.9 Å². The Hall–Kier alpha value is -1.24. The number of allylic oxidation sites excluding steroid dienone is 1. The van der Waals surface area contributed by atoms with E-state index in [1.54, 1.807) is 12.4 Å². The van der Waals surface area contributed by atoms with Crippen LogP contribution >= 0.6 is 22.6 Å². The maximum absolute atomic E-state index is 4.34. The van der Waals surface area contributed by atoms with Crippen molar-refractivity contribution < 1.29 is 4.57 Å². The summed E-state index contributed by atoms with van der Waals surface area (Å²) in [4.78, 5) is 8.38. The second-order valence-corrected chi connectivity index (χ2v) is 4.07. The van der Waals surface area contributed by atoms with Crippen molar-refractivity contribution in [3.63, 3.8) is 0 Å². The minimum absolute atomic E-state index is 0.854. The molecular formula is C11H14IN4+. The molecule has 16 heavy (non-hydrogen) atoms. The number of nitrogens with one attached hydrogen (secondary N) is 1. The monoisotopic (exact) mass is 329 g/mol. The molecule has 0 saturated carbocycles. The van der Waals surface area contributed by atoms with Crippen LogP contribution in [0.4, 0.5) is 0 Å². The van der Waals surface area contributed by atoms with Gasteiger partial charge in [0.05, 0.1) is 16.9 Å². The van der Waals surface area contributed by atoms with Gasteiger partial charge < -0.3 is 5.32 Å². The molecule has 1 aromatic rings. The van der Waals surface area contributed by atoms with Crippen molar-refractivity contribution in [3.8, 4) is 0 Å². The molecule has 0 aromatic carbocycles. The predicted octanol–water partition coefficient (Wildman–Crippen LogP) is 1.44. The van der Waals surface area contributed by atoms with Crippen LogP contribution in [0.15, 0.2) is 39.9 Å². The van der Waals surface area contributed by atoms with Crippen LogP contribution < -0.4 is 9.88 Å². The second-order valence-electron chi connectivity index (χ2n) is 2.99.